The molecule has 6 aliphatic rings. The Labute approximate surface area is 687 Å². The van der Waals surface area contributed by atoms with E-state index in [1.807, 2.05) is 22.7 Å². The molecule has 4 aliphatic heterocycles. The first-order chi connectivity index (χ1) is 53.8. The summed E-state index contributed by atoms with van der Waals surface area (Å²) in [7, 11) is 0. The van der Waals surface area contributed by atoms with E-state index in [1.165, 1.54) is 223 Å². The molecule has 0 bridgehead atoms. The van der Waals surface area contributed by atoms with Gasteiger partial charge in [0, 0.05) is 86.3 Å². The molecule has 2 aliphatic carbocycles. The fourth-order valence-corrected chi connectivity index (χ4v) is 23.0. The van der Waals surface area contributed by atoms with Gasteiger partial charge >= 0.3 is 0 Å². The summed E-state index contributed by atoms with van der Waals surface area (Å²) in [5.41, 5.74) is 35.6. The topological polar surface area (TPSA) is 13.0 Å². The van der Waals surface area contributed by atoms with Crippen molar-refractivity contribution in [1.29, 1.82) is 0 Å². The van der Waals surface area contributed by atoms with Crippen LogP contribution in [0.3, 0.4) is 0 Å². The molecule has 572 valence electrons. The Morgan fingerprint density at radius 1 is 0.289 bits per heavy atom. The standard InChI is InChI=1S/2C53H55BN2S/c1-32-27-44-47-45(28-32)56(42-18-14-16-33-15-12-13-17-37(33)42)48-38-30-39-40(53(10,11)26-25-52(39,8)9)31-46(38)57-49(48)54(47)41-29-35(51(5,6)7)21-24-43(41)55(44)36-22-19-34(20-23-36)50(2,3)4;1-32-26-44-47-45(27-32)56(38-20-16-33-14-12-13-15-34(33)28-38)48-39-30-40-41(53(10,11)25-24-52(40,8)9)31-46(39)57-49(48)54(47)42-29-36(51(5,6)7)19-23-43(42)55(44)37-21-17-35(18-22-37)50(2,3)4/h12-24,27-31H,25-26H2,1-11H3;12-23,26-31H,24-25H2,1-11H3. The molecule has 0 saturated heterocycles. The Morgan fingerprint density at radius 3 is 1.09 bits per heavy atom. The van der Waals surface area contributed by atoms with Crippen LogP contribution in [0.15, 0.2) is 218 Å². The van der Waals surface area contributed by atoms with Crippen LogP contribution in [0.2, 0.25) is 0 Å². The molecule has 0 N–H and O–H groups in total. The number of benzene rings is 12. The summed E-state index contributed by atoms with van der Waals surface area (Å²) in [6, 6.07) is 85.5. The van der Waals surface area contributed by atoms with Gasteiger partial charge in [0.15, 0.2) is 0 Å². The fraction of sp³-hybridized carbons (Fsp3) is 0.321. The van der Waals surface area contributed by atoms with Gasteiger partial charge in [-0.25, -0.2) is 0 Å². The molecule has 4 nitrogen and oxygen atoms in total. The molecular formula is C106H110B2N4S2. The van der Waals surface area contributed by atoms with E-state index in [0.29, 0.717) is 0 Å². The summed E-state index contributed by atoms with van der Waals surface area (Å²) in [5.74, 6) is 0. The Hall–Kier alpha value is -9.59. The van der Waals surface area contributed by atoms with E-state index in [0.717, 1.165) is 0 Å². The van der Waals surface area contributed by atoms with Crippen molar-refractivity contribution in [2.75, 3.05) is 19.6 Å². The average molecular weight is 1530 g/mol. The van der Waals surface area contributed by atoms with Gasteiger partial charge in [0.1, 0.15) is 0 Å². The second-order valence-electron chi connectivity index (χ2n) is 41.3. The van der Waals surface area contributed by atoms with E-state index in [-0.39, 0.29) is 56.7 Å². The van der Waals surface area contributed by atoms with Gasteiger partial charge in [-0.3, -0.25) is 0 Å². The molecular weight excluding hydrogens is 1410 g/mol. The Morgan fingerprint density at radius 2 is 0.649 bits per heavy atom. The number of thiophene rings is 2. The van der Waals surface area contributed by atoms with Crippen LogP contribution in [0.1, 0.15) is 220 Å². The summed E-state index contributed by atoms with van der Waals surface area (Å²) in [5, 5.41) is 7.84. The second kappa shape index (κ2) is 25.5. The zero-order valence-electron chi connectivity index (χ0n) is 71.4. The van der Waals surface area contributed by atoms with Gasteiger partial charge in [-0.1, -0.05) is 254 Å². The van der Waals surface area contributed by atoms with Gasteiger partial charge in [0.2, 0.25) is 0 Å². The molecule has 0 radical (unpaired) electrons. The maximum Gasteiger partial charge on any atom is 0.264 e. The van der Waals surface area contributed by atoms with E-state index < -0.39 is 0 Å². The van der Waals surface area contributed by atoms with Crippen LogP contribution < -0.4 is 51.0 Å². The minimum absolute atomic E-state index is 0.00741. The van der Waals surface area contributed by atoms with Crippen LogP contribution >= 0.6 is 22.7 Å². The smallest absolute Gasteiger partial charge is 0.264 e. The number of hydrogen-bond donors (Lipinski definition) is 0. The third kappa shape index (κ3) is 11.7. The SMILES string of the molecule is Cc1cc2c3c(c1)N(c1ccc4ccccc4c1)c1c(sc4cc5c(cc14)C(C)(C)CCC5(C)C)B3c1cc(C(C)(C)C)ccc1N2c1ccc(C(C)(C)C)cc1.Cc1cc2c3c(c1)N(c1cccc4ccccc14)c1c(sc4cc5c(cc14)C(C)(C)CCC5(C)C)B3c1cc(C(C)(C)C)ccc1N2c1ccc(C(C)(C)C)cc1. The molecule has 12 aromatic carbocycles. The van der Waals surface area contributed by atoms with E-state index in [9.17, 15) is 0 Å². The first-order valence-corrected chi connectivity index (χ1v) is 43.7. The zero-order valence-corrected chi connectivity index (χ0v) is 73.0. The van der Waals surface area contributed by atoms with Crippen molar-refractivity contribution in [3.05, 3.63) is 274 Å². The Bertz CT molecular complexity index is 6340. The number of anilines is 12. The summed E-state index contributed by atoms with van der Waals surface area (Å²) < 4.78 is 5.69. The lowest BCUT2D eigenvalue weighted by Gasteiger charge is -2.44. The highest BCUT2D eigenvalue weighted by Crippen LogP contribution is 2.57. The second-order valence-corrected chi connectivity index (χ2v) is 43.4. The first-order valence-electron chi connectivity index (χ1n) is 42.0. The molecule has 0 saturated carbocycles. The third-order valence-electron chi connectivity index (χ3n) is 27.3. The van der Waals surface area contributed by atoms with E-state index in [1.54, 1.807) is 0 Å². The van der Waals surface area contributed by atoms with Crippen LogP contribution in [-0.4, -0.2) is 13.4 Å². The summed E-state index contributed by atoms with van der Waals surface area (Å²) in [6.07, 6.45) is 4.81. The predicted molar refractivity (Wildman–Crippen MR) is 502 cm³/mol. The molecule has 0 fully saturated rings. The minimum atomic E-state index is 0.00741. The quantitative estimate of drug-likeness (QED) is 0.163. The van der Waals surface area contributed by atoms with Crippen molar-refractivity contribution in [3.8, 4) is 0 Å². The van der Waals surface area contributed by atoms with Crippen molar-refractivity contribution < 1.29 is 0 Å². The van der Waals surface area contributed by atoms with E-state index in [2.05, 4.69) is 390 Å². The fourth-order valence-electron chi connectivity index (χ4n) is 20.3. The molecule has 114 heavy (non-hydrogen) atoms. The minimum Gasteiger partial charge on any atom is -0.311 e. The molecule has 14 aromatic rings. The van der Waals surface area contributed by atoms with Crippen LogP contribution in [0.5, 0.6) is 0 Å². The Balaban J connectivity index is 0.000000153. The molecule has 0 unspecified atom stereocenters. The number of rotatable bonds is 4. The van der Waals surface area contributed by atoms with Crippen molar-refractivity contribution >= 4 is 177 Å². The highest BCUT2D eigenvalue weighted by atomic mass is 32.1. The lowest BCUT2D eigenvalue weighted by Crippen LogP contribution is -2.60. The van der Waals surface area contributed by atoms with Gasteiger partial charge in [-0.2, -0.15) is 0 Å². The lowest BCUT2D eigenvalue weighted by atomic mass is 9.36. The number of hydrogen-bond acceptors (Lipinski definition) is 6. The van der Waals surface area contributed by atoms with Gasteiger partial charge in [0.05, 0.1) is 17.1 Å². The zero-order chi connectivity index (χ0) is 79.9. The molecule has 0 spiro atoms. The summed E-state index contributed by atoms with van der Waals surface area (Å²) >= 11 is 4.08. The highest BCUT2D eigenvalue weighted by Gasteiger charge is 2.50. The van der Waals surface area contributed by atoms with Crippen LogP contribution in [0, 0.1) is 13.8 Å². The largest absolute Gasteiger partial charge is 0.311 e. The van der Waals surface area contributed by atoms with Crippen LogP contribution in [-0.2, 0) is 43.3 Å². The number of nitrogens with zero attached hydrogens (tertiary/aromatic N) is 4. The molecule has 8 heteroatoms. The van der Waals surface area contributed by atoms with Crippen molar-refractivity contribution in [3.63, 3.8) is 0 Å². The van der Waals surface area contributed by atoms with Gasteiger partial charge in [-0.05, 0) is 280 Å². The monoisotopic (exact) mass is 1520 g/mol. The number of fused-ring (bicyclic) bond motifs is 16. The molecule has 0 amide bonds. The molecule has 6 heterocycles. The van der Waals surface area contributed by atoms with Gasteiger partial charge in [0.25, 0.3) is 13.4 Å². The average Bonchev–Trinajstić information content (AvgIpc) is 1.14. The summed E-state index contributed by atoms with van der Waals surface area (Å²) in [4.78, 5) is 10.5. The van der Waals surface area contributed by atoms with Crippen molar-refractivity contribution in [2.45, 2.75) is 221 Å². The maximum atomic E-state index is 2.67. The summed E-state index contributed by atoms with van der Waals surface area (Å²) in [6.45, 7) is 52.4. The van der Waals surface area contributed by atoms with Crippen molar-refractivity contribution in [2.24, 2.45) is 0 Å². The van der Waals surface area contributed by atoms with E-state index >= 15 is 0 Å². The van der Waals surface area contributed by atoms with Gasteiger partial charge < -0.3 is 19.6 Å². The van der Waals surface area contributed by atoms with Crippen LogP contribution in [0.4, 0.5) is 68.2 Å². The third-order valence-corrected chi connectivity index (χ3v) is 29.7. The van der Waals surface area contributed by atoms with E-state index in [4.69, 9.17) is 0 Å². The first kappa shape index (κ1) is 74.5. The highest BCUT2D eigenvalue weighted by molar-refractivity contribution is 7.34. The van der Waals surface area contributed by atoms with Crippen molar-refractivity contribution in [1.82, 2.24) is 0 Å². The maximum absolute atomic E-state index is 2.67. The molecule has 20 rings (SSSR count). The predicted octanol–water partition coefficient (Wildman–Crippen LogP) is 26.8. The van der Waals surface area contributed by atoms with Crippen LogP contribution in [0.25, 0.3) is 41.7 Å². The number of aryl methyl sites for hydroxylation is 2. The molecule has 2 aromatic heterocycles. The van der Waals surface area contributed by atoms with Gasteiger partial charge in [-0.15, -0.1) is 22.7 Å². The Kier molecular flexibility index (Phi) is 16.6. The molecule has 0 atom stereocenters. The lowest BCUT2D eigenvalue weighted by molar-refractivity contribution is 0.332. The normalized spacial score (nSPS) is 16.7.